The second kappa shape index (κ2) is 9.60. The summed E-state index contributed by atoms with van der Waals surface area (Å²) in [4.78, 5) is 12.3. The van der Waals surface area contributed by atoms with Gasteiger partial charge in [-0.15, -0.1) is 0 Å². The van der Waals surface area contributed by atoms with Gasteiger partial charge < -0.3 is 14.2 Å². The lowest BCUT2D eigenvalue weighted by molar-refractivity contribution is -0.144. The minimum atomic E-state index is -4.06. The number of para-hydroxylation sites is 2. The number of carbonyl (C=O) groups is 1. The molecule has 1 saturated heterocycles. The third-order valence-electron chi connectivity index (χ3n) is 5.23. The van der Waals surface area contributed by atoms with E-state index in [1.165, 1.54) is 49.6 Å². The number of rotatable bonds is 7. The highest BCUT2D eigenvalue weighted by Gasteiger charge is 2.45. The fourth-order valence-corrected chi connectivity index (χ4v) is 5.25. The zero-order valence-electron chi connectivity index (χ0n) is 17.8. The summed E-state index contributed by atoms with van der Waals surface area (Å²) in [5.41, 5.74) is 0. The van der Waals surface area contributed by atoms with E-state index >= 15 is 0 Å². The SMILES string of the molecule is COC(=O)C1CC(Oc2ccccc2F)CN1S(=O)(=O)c1ccc(Oc2ccccc2)cc1. The van der Waals surface area contributed by atoms with E-state index in [0.29, 0.717) is 11.5 Å². The third-order valence-corrected chi connectivity index (χ3v) is 7.12. The first-order valence-corrected chi connectivity index (χ1v) is 11.7. The zero-order chi connectivity index (χ0) is 23.4. The number of ether oxygens (including phenoxy) is 3. The molecular formula is C24H22FNO6S. The van der Waals surface area contributed by atoms with Crippen LogP contribution in [0.2, 0.25) is 0 Å². The fraction of sp³-hybridized carbons (Fsp3) is 0.208. The first-order valence-electron chi connectivity index (χ1n) is 10.2. The molecule has 2 unspecified atom stereocenters. The van der Waals surface area contributed by atoms with Crippen LogP contribution in [0.3, 0.4) is 0 Å². The Morgan fingerprint density at radius 3 is 2.24 bits per heavy atom. The second-order valence-electron chi connectivity index (χ2n) is 7.41. The van der Waals surface area contributed by atoms with Crippen molar-refractivity contribution < 1.29 is 31.8 Å². The van der Waals surface area contributed by atoms with E-state index < -0.39 is 34.0 Å². The van der Waals surface area contributed by atoms with Gasteiger partial charge in [0.2, 0.25) is 10.0 Å². The van der Waals surface area contributed by atoms with Gasteiger partial charge >= 0.3 is 5.97 Å². The lowest BCUT2D eigenvalue weighted by Crippen LogP contribution is -2.41. The highest BCUT2D eigenvalue weighted by molar-refractivity contribution is 7.89. The van der Waals surface area contributed by atoms with Crippen LogP contribution >= 0.6 is 0 Å². The van der Waals surface area contributed by atoms with Crippen molar-refractivity contribution in [2.75, 3.05) is 13.7 Å². The van der Waals surface area contributed by atoms with Crippen LogP contribution in [0.4, 0.5) is 4.39 Å². The fourth-order valence-electron chi connectivity index (χ4n) is 3.63. The van der Waals surface area contributed by atoms with Crippen molar-refractivity contribution in [2.45, 2.75) is 23.5 Å². The highest BCUT2D eigenvalue weighted by atomic mass is 32.2. The van der Waals surface area contributed by atoms with E-state index in [1.54, 1.807) is 18.2 Å². The summed E-state index contributed by atoms with van der Waals surface area (Å²) in [6.45, 7) is -0.126. The van der Waals surface area contributed by atoms with Crippen LogP contribution < -0.4 is 9.47 Å². The van der Waals surface area contributed by atoms with Gasteiger partial charge in [0.25, 0.3) is 0 Å². The Morgan fingerprint density at radius 1 is 0.939 bits per heavy atom. The molecule has 3 aromatic carbocycles. The summed E-state index contributed by atoms with van der Waals surface area (Å²) in [6.07, 6.45) is -0.684. The van der Waals surface area contributed by atoms with Crippen LogP contribution in [-0.2, 0) is 19.6 Å². The molecule has 33 heavy (non-hydrogen) atoms. The first-order chi connectivity index (χ1) is 15.9. The van der Waals surface area contributed by atoms with Crippen LogP contribution in [0.15, 0.2) is 83.8 Å². The van der Waals surface area contributed by atoms with Crippen LogP contribution in [0.25, 0.3) is 0 Å². The summed E-state index contributed by atoms with van der Waals surface area (Å²) < 4.78 is 57.9. The largest absolute Gasteiger partial charge is 0.486 e. The number of esters is 1. The van der Waals surface area contributed by atoms with Crippen molar-refractivity contribution in [3.05, 3.63) is 84.7 Å². The van der Waals surface area contributed by atoms with E-state index in [-0.39, 0.29) is 23.6 Å². The lowest BCUT2D eigenvalue weighted by Gasteiger charge is -2.22. The van der Waals surface area contributed by atoms with Gasteiger partial charge in [0, 0.05) is 6.42 Å². The molecule has 1 aliphatic heterocycles. The number of sulfonamides is 1. The molecule has 0 aliphatic carbocycles. The lowest BCUT2D eigenvalue weighted by atomic mass is 10.2. The molecule has 0 amide bonds. The molecule has 172 valence electrons. The van der Waals surface area contributed by atoms with Crippen molar-refractivity contribution in [3.8, 4) is 17.2 Å². The Morgan fingerprint density at radius 2 is 1.58 bits per heavy atom. The van der Waals surface area contributed by atoms with Gasteiger partial charge in [-0.25, -0.2) is 12.8 Å². The van der Waals surface area contributed by atoms with E-state index in [9.17, 15) is 17.6 Å². The molecule has 7 nitrogen and oxygen atoms in total. The molecule has 1 aliphatic rings. The van der Waals surface area contributed by atoms with Gasteiger partial charge in [0.15, 0.2) is 11.6 Å². The number of hydrogen-bond acceptors (Lipinski definition) is 6. The predicted molar refractivity (Wildman–Crippen MR) is 118 cm³/mol. The van der Waals surface area contributed by atoms with E-state index in [4.69, 9.17) is 14.2 Å². The Hall–Kier alpha value is -3.43. The number of benzene rings is 3. The van der Waals surface area contributed by atoms with Crippen molar-refractivity contribution in [1.29, 1.82) is 0 Å². The molecule has 3 aromatic rings. The summed E-state index contributed by atoms with van der Waals surface area (Å²) in [7, 11) is -2.88. The quantitative estimate of drug-likeness (QED) is 0.485. The predicted octanol–water partition coefficient (Wildman–Crippen LogP) is 4.00. The topological polar surface area (TPSA) is 82.1 Å². The number of carbonyl (C=O) groups excluding carboxylic acids is 1. The molecule has 0 N–H and O–H groups in total. The number of halogens is 1. The van der Waals surface area contributed by atoms with Crippen LogP contribution in [-0.4, -0.2) is 44.5 Å². The van der Waals surface area contributed by atoms with E-state index in [1.807, 2.05) is 18.2 Å². The van der Waals surface area contributed by atoms with Crippen molar-refractivity contribution in [3.63, 3.8) is 0 Å². The van der Waals surface area contributed by atoms with Gasteiger partial charge in [0.1, 0.15) is 23.6 Å². The van der Waals surface area contributed by atoms with Gasteiger partial charge in [-0.05, 0) is 48.5 Å². The van der Waals surface area contributed by atoms with Crippen molar-refractivity contribution in [2.24, 2.45) is 0 Å². The molecule has 0 radical (unpaired) electrons. The monoisotopic (exact) mass is 471 g/mol. The van der Waals surface area contributed by atoms with Crippen LogP contribution in [0.1, 0.15) is 6.42 Å². The molecule has 0 saturated carbocycles. The Labute approximate surface area is 191 Å². The third kappa shape index (κ3) is 4.99. The van der Waals surface area contributed by atoms with Crippen LogP contribution in [0.5, 0.6) is 17.2 Å². The van der Waals surface area contributed by atoms with Crippen molar-refractivity contribution >= 4 is 16.0 Å². The maximum atomic E-state index is 14.0. The van der Waals surface area contributed by atoms with Gasteiger partial charge in [-0.2, -0.15) is 4.31 Å². The molecule has 1 heterocycles. The summed E-state index contributed by atoms with van der Waals surface area (Å²) in [5.74, 6) is -0.198. The standard InChI is InChI=1S/C24H22FNO6S/c1-30-24(27)22-15-19(32-23-10-6-5-9-21(23)25)16-26(22)33(28,29)20-13-11-18(12-14-20)31-17-7-3-2-4-8-17/h2-14,19,22H,15-16H2,1H3. The molecule has 1 fully saturated rings. The molecule has 0 bridgehead atoms. The molecule has 0 spiro atoms. The minimum Gasteiger partial charge on any atom is -0.486 e. The maximum absolute atomic E-state index is 14.0. The first kappa shape index (κ1) is 22.8. The number of hydrogen-bond donors (Lipinski definition) is 0. The summed E-state index contributed by atoms with van der Waals surface area (Å²) in [6, 6.07) is 19.7. The maximum Gasteiger partial charge on any atom is 0.324 e. The summed E-state index contributed by atoms with van der Waals surface area (Å²) in [5, 5.41) is 0. The highest BCUT2D eigenvalue weighted by Crippen LogP contribution is 2.31. The molecule has 2 atom stereocenters. The van der Waals surface area contributed by atoms with Crippen molar-refractivity contribution in [1.82, 2.24) is 4.31 Å². The molecule has 4 rings (SSSR count). The Bertz CT molecular complexity index is 1220. The summed E-state index contributed by atoms with van der Waals surface area (Å²) >= 11 is 0. The van der Waals surface area contributed by atoms with Gasteiger partial charge in [-0.1, -0.05) is 30.3 Å². The van der Waals surface area contributed by atoms with Crippen LogP contribution in [0, 0.1) is 5.82 Å². The molecular weight excluding hydrogens is 449 g/mol. The zero-order valence-corrected chi connectivity index (χ0v) is 18.6. The number of nitrogens with zero attached hydrogens (tertiary/aromatic N) is 1. The van der Waals surface area contributed by atoms with Gasteiger partial charge in [-0.3, -0.25) is 4.79 Å². The minimum absolute atomic E-state index is 0.00669. The van der Waals surface area contributed by atoms with E-state index in [2.05, 4.69) is 0 Å². The average Bonchev–Trinajstić information content (AvgIpc) is 3.26. The van der Waals surface area contributed by atoms with Gasteiger partial charge in [0.05, 0.1) is 18.6 Å². The Balaban J connectivity index is 1.55. The molecule has 0 aromatic heterocycles. The van der Waals surface area contributed by atoms with E-state index in [0.717, 1.165) is 4.31 Å². The smallest absolute Gasteiger partial charge is 0.324 e. The number of methoxy groups -OCH3 is 1. The average molecular weight is 472 g/mol. The Kier molecular flexibility index (Phi) is 6.62. The normalized spacial score (nSPS) is 18.6. The second-order valence-corrected chi connectivity index (χ2v) is 9.30. The molecule has 9 heteroatoms.